The summed E-state index contributed by atoms with van der Waals surface area (Å²) in [5, 5.41) is 0.646. The summed E-state index contributed by atoms with van der Waals surface area (Å²) in [7, 11) is 3.19. The van der Waals surface area contributed by atoms with Crippen molar-refractivity contribution < 1.29 is 14.3 Å². The number of thiazole rings is 1. The van der Waals surface area contributed by atoms with Gasteiger partial charge >= 0.3 is 0 Å². The zero-order chi connectivity index (χ0) is 21.0. The molecule has 2 aromatic carbocycles. The lowest BCUT2D eigenvalue weighted by Crippen LogP contribution is -2.25. The standard InChI is InChI=1S/C23H26N2O3S/c1-6-20-22(16-10-8-15(3)9-11-16)24-23(29-20)25(21(26)7-2)18-13-12-17(27-4)14-19(18)28-5/h8-14H,6-7H2,1-5H3. The summed E-state index contributed by atoms with van der Waals surface area (Å²) in [6, 6.07) is 13.7. The highest BCUT2D eigenvalue weighted by molar-refractivity contribution is 7.16. The van der Waals surface area contributed by atoms with E-state index in [1.54, 1.807) is 36.5 Å². The highest BCUT2D eigenvalue weighted by atomic mass is 32.1. The maximum absolute atomic E-state index is 12.9. The number of amides is 1. The van der Waals surface area contributed by atoms with Crippen LogP contribution in [0, 0.1) is 6.92 Å². The molecule has 3 aromatic rings. The summed E-state index contributed by atoms with van der Waals surface area (Å²) in [6.07, 6.45) is 1.20. The summed E-state index contributed by atoms with van der Waals surface area (Å²) in [4.78, 5) is 20.6. The Labute approximate surface area is 175 Å². The minimum atomic E-state index is -0.0414. The van der Waals surface area contributed by atoms with Gasteiger partial charge in [-0.3, -0.25) is 9.69 Å². The third-order valence-electron chi connectivity index (χ3n) is 4.70. The molecule has 0 saturated carbocycles. The molecule has 0 aliphatic rings. The predicted octanol–water partition coefficient (Wildman–Crippen LogP) is 5.77. The number of hydrogen-bond donors (Lipinski definition) is 0. The minimum absolute atomic E-state index is 0.0414. The van der Waals surface area contributed by atoms with Crippen molar-refractivity contribution in [1.82, 2.24) is 4.98 Å². The average molecular weight is 411 g/mol. The largest absolute Gasteiger partial charge is 0.497 e. The fourth-order valence-electron chi connectivity index (χ4n) is 3.08. The van der Waals surface area contributed by atoms with Crippen LogP contribution in [0.1, 0.15) is 30.7 Å². The van der Waals surface area contributed by atoms with E-state index in [0.717, 1.165) is 22.6 Å². The van der Waals surface area contributed by atoms with E-state index in [1.165, 1.54) is 5.56 Å². The van der Waals surface area contributed by atoms with Crippen LogP contribution >= 0.6 is 11.3 Å². The molecule has 0 N–H and O–H groups in total. The molecule has 0 fully saturated rings. The quantitative estimate of drug-likeness (QED) is 0.496. The highest BCUT2D eigenvalue weighted by Crippen LogP contribution is 2.41. The van der Waals surface area contributed by atoms with E-state index in [1.807, 2.05) is 19.1 Å². The molecule has 0 spiro atoms. The van der Waals surface area contributed by atoms with E-state index in [4.69, 9.17) is 14.5 Å². The number of anilines is 2. The molecule has 29 heavy (non-hydrogen) atoms. The van der Waals surface area contributed by atoms with Gasteiger partial charge in [0.05, 0.1) is 25.6 Å². The molecule has 6 heteroatoms. The zero-order valence-electron chi connectivity index (χ0n) is 17.5. The first-order valence-electron chi connectivity index (χ1n) is 9.64. The monoisotopic (exact) mass is 410 g/mol. The summed E-state index contributed by atoms with van der Waals surface area (Å²) in [5.74, 6) is 1.19. The lowest BCUT2D eigenvalue weighted by Gasteiger charge is -2.22. The van der Waals surface area contributed by atoms with Gasteiger partial charge in [0.25, 0.3) is 0 Å². The number of hydrogen-bond acceptors (Lipinski definition) is 5. The van der Waals surface area contributed by atoms with Crippen molar-refractivity contribution >= 4 is 28.1 Å². The first kappa shape index (κ1) is 20.9. The zero-order valence-corrected chi connectivity index (χ0v) is 18.3. The Kier molecular flexibility index (Phi) is 6.54. The van der Waals surface area contributed by atoms with Crippen molar-refractivity contribution in [2.75, 3.05) is 19.1 Å². The second-order valence-electron chi connectivity index (χ2n) is 6.61. The van der Waals surface area contributed by atoms with Gasteiger partial charge < -0.3 is 9.47 Å². The maximum Gasteiger partial charge on any atom is 0.233 e. The van der Waals surface area contributed by atoms with Crippen molar-refractivity contribution in [2.45, 2.75) is 33.6 Å². The molecule has 0 unspecified atom stereocenters. The van der Waals surface area contributed by atoms with Gasteiger partial charge in [-0.2, -0.15) is 0 Å². The Balaban J connectivity index is 2.14. The number of carbonyl (C=O) groups excluding carboxylic acids is 1. The molecule has 0 atom stereocenters. The fourth-order valence-corrected chi connectivity index (χ4v) is 4.14. The van der Waals surface area contributed by atoms with E-state index in [9.17, 15) is 4.79 Å². The third-order valence-corrected chi connectivity index (χ3v) is 5.89. The lowest BCUT2D eigenvalue weighted by molar-refractivity contribution is -0.117. The molecule has 1 aromatic heterocycles. The van der Waals surface area contributed by atoms with Crippen LogP contribution in [-0.2, 0) is 11.2 Å². The van der Waals surface area contributed by atoms with Gasteiger partial charge in [-0.15, -0.1) is 11.3 Å². The SMILES string of the molecule is CCC(=O)N(c1nc(-c2ccc(C)cc2)c(CC)s1)c1ccc(OC)cc1OC. The van der Waals surface area contributed by atoms with Crippen LogP contribution in [0.5, 0.6) is 11.5 Å². The van der Waals surface area contributed by atoms with Crippen molar-refractivity contribution in [1.29, 1.82) is 0 Å². The maximum atomic E-state index is 12.9. The normalized spacial score (nSPS) is 10.7. The van der Waals surface area contributed by atoms with Crippen LogP contribution in [0.3, 0.4) is 0 Å². The topological polar surface area (TPSA) is 51.7 Å². The highest BCUT2D eigenvalue weighted by Gasteiger charge is 2.25. The number of ether oxygens (including phenoxy) is 2. The molecule has 0 radical (unpaired) electrons. The Morgan fingerprint density at radius 2 is 1.79 bits per heavy atom. The Bertz CT molecular complexity index is 996. The molecule has 5 nitrogen and oxygen atoms in total. The van der Waals surface area contributed by atoms with Crippen LogP contribution in [-0.4, -0.2) is 25.1 Å². The van der Waals surface area contributed by atoms with E-state index in [0.29, 0.717) is 28.7 Å². The van der Waals surface area contributed by atoms with E-state index < -0.39 is 0 Å². The van der Waals surface area contributed by atoms with Gasteiger partial charge in [0, 0.05) is 22.9 Å². The molecule has 0 aliphatic heterocycles. The molecule has 152 valence electrons. The second kappa shape index (κ2) is 9.09. The van der Waals surface area contributed by atoms with Crippen molar-refractivity contribution in [2.24, 2.45) is 0 Å². The number of rotatable bonds is 7. The summed E-state index contributed by atoms with van der Waals surface area (Å²) < 4.78 is 10.8. The van der Waals surface area contributed by atoms with E-state index >= 15 is 0 Å². The minimum Gasteiger partial charge on any atom is -0.497 e. The molecule has 1 heterocycles. The summed E-state index contributed by atoms with van der Waals surface area (Å²) in [6.45, 7) is 6.02. The van der Waals surface area contributed by atoms with Gasteiger partial charge in [-0.05, 0) is 25.5 Å². The predicted molar refractivity (Wildman–Crippen MR) is 119 cm³/mol. The molecular weight excluding hydrogens is 384 g/mol. The van der Waals surface area contributed by atoms with Crippen LogP contribution in [0.2, 0.25) is 0 Å². The van der Waals surface area contributed by atoms with Crippen LogP contribution in [0.15, 0.2) is 42.5 Å². The van der Waals surface area contributed by atoms with Crippen molar-refractivity contribution in [3.05, 3.63) is 52.9 Å². The second-order valence-corrected chi connectivity index (χ2v) is 7.67. The van der Waals surface area contributed by atoms with E-state index in [-0.39, 0.29) is 5.91 Å². The number of nitrogens with zero attached hydrogens (tertiary/aromatic N) is 2. The molecule has 3 rings (SSSR count). The van der Waals surface area contributed by atoms with Gasteiger partial charge in [0.2, 0.25) is 5.91 Å². The summed E-state index contributed by atoms with van der Waals surface area (Å²) >= 11 is 1.54. The number of benzene rings is 2. The van der Waals surface area contributed by atoms with Crippen LogP contribution < -0.4 is 14.4 Å². The molecule has 0 saturated heterocycles. The average Bonchev–Trinajstić information content (AvgIpc) is 3.18. The van der Waals surface area contributed by atoms with Crippen LogP contribution in [0.25, 0.3) is 11.3 Å². The number of methoxy groups -OCH3 is 2. The van der Waals surface area contributed by atoms with Crippen molar-refractivity contribution in [3.8, 4) is 22.8 Å². The number of carbonyl (C=O) groups is 1. The molecule has 1 amide bonds. The molecule has 0 aliphatic carbocycles. The van der Waals surface area contributed by atoms with Crippen LogP contribution in [0.4, 0.5) is 10.8 Å². The first-order valence-corrected chi connectivity index (χ1v) is 10.5. The number of aromatic nitrogens is 1. The van der Waals surface area contributed by atoms with E-state index in [2.05, 4.69) is 38.1 Å². The molecule has 0 bridgehead atoms. The van der Waals surface area contributed by atoms with Gasteiger partial charge in [-0.1, -0.05) is 43.7 Å². The van der Waals surface area contributed by atoms with Gasteiger partial charge in [-0.25, -0.2) is 4.98 Å². The Hall–Kier alpha value is -2.86. The third kappa shape index (κ3) is 4.27. The fraction of sp³-hybridized carbons (Fsp3) is 0.304. The Morgan fingerprint density at radius 3 is 2.38 bits per heavy atom. The van der Waals surface area contributed by atoms with Crippen molar-refractivity contribution in [3.63, 3.8) is 0 Å². The molecular formula is C23H26N2O3S. The first-order chi connectivity index (χ1) is 14.0. The summed E-state index contributed by atoms with van der Waals surface area (Å²) in [5.41, 5.74) is 3.84. The number of aryl methyl sites for hydroxylation is 2. The Morgan fingerprint density at radius 1 is 1.07 bits per heavy atom. The smallest absolute Gasteiger partial charge is 0.233 e. The van der Waals surface area contributed by atoms with Gasteiger partial charge in [0.15, 0.2) is 5.13 Å². The lowest BCUT2D eigenvalue weighted by atomic mass is 10.1. The van der Waals surface area contributed by atoms with Gasteiger partial charge in [0.1, 0.15) is 11.5 Å².